The van der Waals surface area contributed by atoms with Crippen molar-refractivity contribution >= 4 is 46.2 Å². The molecule has 144 valence electrons. The largest absolute Gasteiger partial charge is 0.493 e. The number of rotatable bonds is 6. The Hall–Kier alpha value is -3.20. The van der Waals surface area contributed by atoms with Gasteiger partial charge in [-0.15, -0.1) is 0 Å². The summed E-state index contributed by atoms with van der Waals surface area (Å²) in [5.41, 5.74) is 0.199. The summed E-state index contributed by atoms with van der Waals surface area (Å²) in [5.74, 6) is -2.20. The average Bonchev–Trinajstić information content (AvgIpc) is 3.10. The van der Waals surface area contributed by atoms with E-state index in [1.165, 1.54) is 26.4 Å². The van der Waals surface area contributed by atoms with Crippen molar-refractivity contribution in [3.05, 3.63) is 34.7 Å². The molecule has 0 fully saturated rings. The van der Waals surface area contributed by atoms with E-state index in [1.54, 1.807) is 0 Å². The Labute approximate surface area is 158 Å². The summed E-state index contributed by atoms with van der Waals surface area (Å²) in [7, 11) is 4.89. The molecule has 2 aromatic rings. The van der Waals surface area contributed by atoms with Crippen LogP contribution in [0.25, 0.3) is 11.0 Å². The SMILES string of the molecule is COC(=O)/C=C(/Nc1cc2oc(C(=O)OC)cc2c(Cl)c1OC)C(=O)OC. The molecule has 0 saturated carbocycles. The van der Waals surface area contributed by atoms with Crippen LogP contribution in [0.15, 0.2) is 28.3 Å². The van der Waals surface area contributed by atoms with E-state index >= 15 is 0 Å². The van der Waals surface area contributed by atoms with Crippen molar-refractivity contribution in [2.45, 2.75) is 0 Å². The molecule has 1 heterocycles. The Kier molecular flexibility index (Phi) is 6.30. The van der Waals surface area contributed by atoms with Crippen molar-refractivity contribution in [2.24, 2.45) is 0 Å². The lowest BCUT2D eigenvalue weighted by atomic mass is 10.2. The second kappa shape index (κ2) is 8.45. The summed E-state index contributed by atoms with van der Waals surface area (Å²) in [5, 5.41) is 3.22. The number of nitrogens with one attached hydrogen (secondary N) is 1. The Bertz CT molecular complexity index is 931. The van der Waals surface area contributed by atoms with Gasteiger partial charge in [-0.1, -0.05) is 11.6 Å². The lowest BCUT2D eigenvalue weighted by Gasteiger charge is -2.14. The molecule has 0 aliphatic carbocycles. The fourth-order valence-electron chi connectivity index (χ4n) is 2.19. The lowest BCUT2D eigenvalue weighted by molar-refractivity contribution is -0.138. The molecule has 1 N–H and O–H groups in total. The fourth-order valence-corrected chi connectivity index (χ4v) is 2.52. The average molecular weight is 398 g/mol. The highest BCUT2D eigenvalue weighted by molar-refractivity contribution is 6.37. The molecule has 0 saturated heterocycles. The third-order valence-electron chi connectivity index (χ3n) is 3.45. The van der Waals surface area contributed by atoms with Gasteiger partial charge in [0.05, 0.1) is 45.2 Å². The first-order valence-corrected chi connectivity index (χ1v) is 7.77. The van der Waals surface area contributed by atoms with Crippen LogP contribution in [-0.2, 0) is 23.8 Å². The molecule has 0 aliphatic rings. The van der Waals surface area contributed by atoms with Gasteiger partial charge in [-0.05, 0) is 0 Å². The maximum absolute atomic E-state index is 11.9. The number of methoxy groups -OCH3 is 4. The summed E-state index contributed by atoms with van der Waals surface area (Å²) in [6.07, 6.45) is 0.908. The smallest absolute Gasteiger partial charge is 0.373 e. The highest BCUT2D eigenvalue weighted by atomic mass is 35.5. The van der Waals surface area contributed by atoms with Crippen LogP contribution in [0.2, 0.25) is 5.02 Å². The molecule has 9 nitrogen and oxygen atoms in total. The number of hydrogen-bond donors (Lipinski definition) is 1. The van der Waals surface area contributed by atoms with Crippen LogP contribution >= 0.6 is 11.6 Å². The number of esters is 3. The first-order valence-electron chi connectivity index (χ1n) is 7.39. The summed E-state index contributed by atoms with van der Waals surface area (Å²) in [6.45, 7) is 0. The van der Waals surface area contributed by atoms with Crippen LogP contribution in [-0.4, -0.2) is 46.3 Å². The van der Waals surface area contributed by atoms with Gasteiger partial charge in [0.1, 0.15) is 11.3 Å². The number of carbonyl (C=O) groups is 3. The molecule has 0 amide bonds. The molecule has 0 spiro atoms. The Balaban J connectivity index is 2.59. The highest BCUT2D eigenvalue weighted by Gasteiger charge is 2.22. The molecule has 0 unspecified atom stereocenters. The molecule has 27 heavy (non-hydrogen) atoms. The van der Waals surface area contributed by atoms with Gasteiger partial charge in [0.25, 0.3) is 0 Å². The minimum absolute atomic E-state index is 0.0631. The van der Waals surface area contributed by atoms with E-state index in [0.29, 0.717) is 5.39 Å². The number of furan rings is 1. The molecule has 10 heteroatoms. The number of hydrogen-bond acceptors (Lipinski definition) is 9. The maximum atomic E-state index is 11.9. The molecule has 0 aliphatic heterocycles. The fraction of sp³-hybridized carbons (Fsp3) is 0.235. The minimum atomic E-state index is -0.826. The van der Waals surface area contributed by atoms with Crippen LogP contribution in [0.1, 0.15) is 10.6 Å². The van der Waals surface area contributed by atoms with Crippen molar-refractivity contribution in [3.63, 3.8) is 0 Å². The zero-order valence-electron chi connectivity index (χ0n) is 14.9. The van der Waals surface area contributed by atoms with Gasteiger partial charge >= 0.3 is 17.9 Å². The Morgan fingerprint density at radius 2 is 1.78 bits per heavy atom. The van der Waals surface area contributed by atoms with E-state index in [0.717, 1.165) is 20.3 Å². The van der Waals surface area contributed by atoms with Crippen LogP contribution in [0.3, 0.4) is 0 Å². The van der Waals surface area contributed by atoms with E-state index in [1.807, 2.05) is 0 Å². The van der Waals surface area contributed by atoms with Crippen molar-refractivity contribution in [1.29, 1.82) is 0 Å². The van der Waals surface area contributed by atoms with Gasteiger partial charge in [-0.2, -0.15) is 0 Å². The maximum Gasteiger partial charge on any atom is 0.373 e. The zero-order chi connectivity index (χ0) is 20.1. The van der Waals surface area contributed by atoms with Gasteiger partial charge in [-0.25, -0.2) is 14.4 Å². The molecule has 1 aromatic heterocycles. The summed E-state index contributed by atoms with van der Waals surface area (Å²) in [6, 6.07) is 2.85. The number of ether oxygens (including phenoxy) is 4. The van der Waals surface area contributed by atoms with Crippen LogP contribution in [0, 0.1) is 0 Å². The number of halogens is 1. The van der Waals surface area contributed by atoms with Crippen LogP contribution in [0.5, 0.6) is 5.75 Å². The van der Waals surface area contributed by atoms with E-state index in [9.17, 15) is 14.4 Å². The van der Waals surface area contributed by atoms with Gasteiger partial charge in [0.15, 0.2) is 5.75 Å². The normalized spacial score (nSPS) is 11.1. The molecular formula is C17H16ClNO8. The Morgan fingerprint density at radius 3 is 2.33 bits per heavy atom. The Morgan fingerprint density at radius 1 is 1.07 bits per heavy atom. The van der Waals surface area contributed by atoms with Gasteiger partial charge in [0, 0.05) is 17.5 Å². The third kappa shape index (κ3) is 4.14. The number of fused-ring (bicyclic) bond motifs is 1. The minimum Gasteiger partial charge on any atom is -0.493 e. The van der Waals surface area contributed by atoms with Crippen molar-refractivity contribution < 1.29 is 37.7 Å². The van der Waals surface area contributed by atoms with Crippen LogP contribution < -0.4 is 10.1 Å². The first kappa shape index (κ1) is 20.1. The topological polar surface area (TPSA) is 113 Å². The molecule has 0 atom stereocenters. The zero-order valence-corrected chi connectivity index (χ0v) is 15.6. The molecule has 1 aromatic carbocycles. The standard InChI is InChI=1S/C17H16ClNO8/c1-23-13(20)7-10(16(21)25-3)19-9-6-11-8(14(18)15(9)24-2)5-12(27-11)17(22)26-4/h5-7,19H,1-4H3/b10-7+. The first-order chi connectivity index (χ1) is 12.9. The van der Waals surface area contributed by atoms with E-state index in [-0.39, 0.29) is 33.5 Å². The summed E-state index contributed by atoms with van der Waals surface area (Å²) >= 11 is 6.33. The summed E-state index contributed by atoms with van der Waals surface area (Å²) in [4.78, 5) is 35.1. The monoisotopic (exact) mass is 397 g/mol. The second-order valence-corrected chi connectivity index (χ2v) is 5.36. The molecule has 0 bridgehead atoms. The van der Waals surface area contributed by atoms with Gasteiger partial charge in [-0.3, -0.25) is 0 Å². The number of benzene rings is 1. The lowest BCUT2D eigenvalue weighted by Crippen LogP contribution is -2.16. The number of carbonyl (C=O) groups excluding carboxylic acids is 3. The third-order valence-corrected chi connectivity index (χ3v) is 3.82. The number of anilines is 1. The van der Waals surface area contributed by atoms with Crippen molar-refractivity contribution in [1.82, 2.24) is 0 Å². The van der Waals surface area contributed by atoms with Crippen molar-refractivity contribution in [3.8, 4) is 5.75 Å². The van der Waals surface area contributed by atoms with E-state index in [2.05, 4.69) is 19.5 Å². The predicted octanol–water partition coefficient (Wildman–Crippen LogP) is 2.52. The summed E-state index contributed by atoms with van der Waals surface area (Å²) < 4.78 is 24.5. The molecule has 0 radical (unpaired) electrons. The van der Waals surface area contributed by atoms with E-state index in [4.69, 9.17) is 20.8 Å². The van der Waals surface area contributed by atoms with E-state index < -0.39 is 17.9 Å². The highest BCUT2D eigenvalue weighted by Crippen LogP contribution is 2.41. The van der Waals surface area contributed by atoms with Gasteiger partial charge in [0.2, 0.25) is 5.76 Å². The predicted molar refractivity (Wildman–Crippen MR) is 94.9 cm³/mol. The van der Waals surface area contributed by atoms with Crippen molar-refractivity contribution in [2.75, 3.05) is 33.8 Å². The molecule has 2 rings (SSSR count). The quantitative estimate of drug-likeness (QED) is 0.446. The van der Waals surface area contributed by atoms with Gasteiger partial charge < -0.3 is 28.7 Å². The molecular weight excluding hydrogens is 382 g/mol. The van der Waals surface area contributed by atoms with Crippen LogP contribution in [0.4, 0.5) is 5.69 Å². The second-order valence-electron chi connectivity index (χ2n) is 4.98.